The summed E-state index contributed by atoms with van der Waals surface area (Å²) >= 11 is 0. The minimum Gasteiger partial charge on any atom is -0.462 e. The quantitative estimate of drug-likeness (QED) is 0.0262. The molecule has 68 heavy (non-hydrogen) atoms. The van der Waals surface area contributed by atoms with E-state index in [1.165, 1.54) is 205 Å². The van der Waals surface area contributed by atoms with Crippen molar-refractivity contribution in [2.75, 3.05) is 13.2 Å². The topological polar surface area (TPSA) is 78.9 Å². The van der Waals surface area contributed by atoms with Crippen molar-refractivity contribution < 1.29 is 28.6 Å². The molecule has 6 heteroatoms. The molecule has 0 heterocycles. The Morgan fingerprint density at radius 3 is 0.882 bits per heavy atom. The third-order valence-corrected chi connectivity index (χ3v) is 13.4. The van der Waals surface area contributed by atoms with Gasteiger partial charge in [0.2, 0.25) is 0 Å². The molecule has 0 radical (unpaired) electrons. The van der Waals surface area contributed by atoms with Crippen molar-refractivity contribution in [2.45, 2.75) is 329 Å². The van der Waals surface area contributed by atoms with Crippen LogP contribution in [0.5, 0.6) is 0 Å². The summed E-state index contributed by atoms with van der Waals surface area (Å²) < 4.78 is 16.9. The lowest BCUT2D eigenvalue weighted by atomic mass is 10.0. The Morgan fingerprint density at radius 2 is 0.544 bits per heavy atom. The Morgan fingerprint density at radius 1 is 0.294 bits per heavy atom. The molecule has 0 spiro atoms. The number of allylic oxidation sites excluding steroid dienone is 6. The summed E-state index contributed by atoms with van der Waals surface area (Å²) in [6.07, 6.45) is 68.6. The van der Waals surface area contributed by atoms with Crippen molar-refractivity contribution in [2.24, 2.45) is 0 Å². The Bertz CT molecular complexity index is 1140. The summed E-state index contributed by atoms with van der Waals surface area (Å²) in [5.41, 5.74) is 0. The van der Waals surface area contributed by atoms with Crippen LogP contribution in [-0.2, 0) is 28.6 Å². The fourth-order valence-corrected chi connectivity index (χ4v) is 8.81. The summed E-state index contributed by atoms with van der Waals surface area (Å²) in [7, 11) is 0. The molecule has 0 aliphatic carbocycles. The zero-order valence-corrected chi connectivity index (χ0v) is 45.6. The Balaban J connectivity index is 4.27. The van der Waals surface area contributed by atoms with Crippen LogP contribution in [0, 0.1) is 0 Å². The number of hydrogen-bond acceptors (Lipinski definition) is 6. The molecule has 0 rings (SSSR count). The number of carbonyl (C=O) groups is 3. The fraction of sp³-hybridized carbons (Fsp3) is 0.855. The van der Waals surface area contributed by atoms with Gasteiger partial charge in [0.25, 0.3) is 0 Å². The molecular weight excluding hydrogens is 841 g/mol. The van der Waals surface area contributed by atoms with Crippen LogP contribution in [0.4, 0.5) is 0 Å². The van der Waals surface area contributed by atoms with Gasteiger partial charge >= 0.3 is 17.9 Å². The van der Waals surface area contributed by atoms with Gasteiger partial charge in [-0.3, -0.25) is 14.4 Å². The highest BCUT2D eigenvalue weighted by Gasteiger charge is 2.19. The largest absolute Gasteiger partial charge is 0.462 e. The highest BCUT2D eigenvalue weighted by molar-refractivity contribution is 5.71. The lowest BCUT2D eigenvalue weighted by Crippen LogP contribution is -2.30. The van der Waals surface area contributed by atoms with E-state index >= 15 is 0 Å². The first-order valence-corrected chi connectivity index (χ1v) is 30.0. The van der Waals surface area contributed by atoms with Crippen molar-refractivity contribution in [3.63, 3.8) is 0 Å². The number of hydrogen-bond donors (Lipinski definition) is 0. The highest BCUT2D eigenvalue weighted by Crippen LogP contribution is 2.17. The second-order valence-electron chi connectivity index (χ2n) is 20.3. The van der Waals surface area contributed by atoms with Gasteiger partial charge in [0, 0.05) is 19.3 Å². The highest BCUT2D eigenvalue weighted by atomic mass is 16.6. The summed E-state index contributed by atoms with van der Waals surface area (Å²) in [5, 5.41) is 0. The normalized spacial score (nSPS) is 12.2. The first-order chi connectivity index (χ1) is 33.5. The van der Waals surface area contributed by atoms with Crippen molar-refractivity contribution in [3.8, 4) is 0 Å². The van der Waals surface area contributed by atoms with E-state index in [9.17, 15) is 14.4 Å². The summed E-state index contributed by atoms with van der Waals surface area (Å²) in [4.78, 5) is 38.1. The SMILES string of the molecule is CCCC/C=C\CCCCCCCC(=O)OCC(COC(=O)CCCCCCCCCCCCCCCCCCCCCCC)OC(=O)CCCCCCCCC/C=C\C/C=C\CCCCCC. The molecule has 6 nitrogen and oxygen atoms in total. The van der Waals surface area contributed by atoms with Crippen LogP contribution in [0.2, 0.25) is 0 Å². The van der Waals surface area contributed by atoms with E-state index in [4.69, 9.17) is 14.2 Å². The first kappa shape index (κ1) is 65.6. The van der Waals surface area contributed by atoms with Gasteiger partial charge in [-0.2, -0.15) is 0 Å². The Hall–Kier alpha value is -2.37. The maximum absolute atomic E-state index is 12.9. The van der Waals surface area contributed by atoms with Gasteiger partial charge in [-0.15, -0.1) is 0 Å². The molecule has 0 fully saturated rings. The van der Waals surface area contributed by atoms with Crippen molar-refractivity contribution >= 4 is 17.9 Å². The molecule has 0 saturated heterocycles. The second kappa shape index (κ2) is 57.2. The smallest absolute Gasteiger partial charge is 0.306 e. The lowest BCUT2D eigenvalue weighted by Gasteiger charge is -2.18. The Labute approximate surface area is 423 Å². The first-order valence-electron chi connectivity index (χ1n) is 30.0. The number of esters is 3. The summed E-state index contributed by atoms with van der Waals surface area (Å²) in [6, 6.07) is 0. The molecule has 0 saturated carbocycles. The zero-order valence-electron chi connectivity index (χ0n) is 45.6. The van der Waals surface area contributed by atoms with Gasteiger partial charge in [-0.05, 0) is 70.6 Å². The maximum atomic E-state index is 12.9. The van der Waals surface area contributed by atoms with E-state index in [2.05, 4.69) is 57.2 Å². The number of rotatable bonds is 55. The molecule has 0 aromatic carbocycles. The fourth-order valence-electron chi connectivity index (χ4n) is 8.81. The third kappa shape index (κ3) is 54.6. The van der Waals surface area contributed by atoms with Crippen LogP contribution in [0.15, 0.2) is 36.5 Å². The molecule has 0 aromatic heterocycles. The van der Waals surface area contributed by atoms with Gasteiger partial charge in [-0.1, -0.05) is 269 Å². The third-order valence-electron chi connectivity index (χ3n) is 13.4. The van der Waals surface area contributed by atoms with E-state index in [0.29, 0.717) is 19.3 Å². The minimum absolute atomic E-state index is 0.0744. The molecule has 0 N–H and O–H groups in total. The van der Waals surface area contributed by atoms with Crippen LogP contribution in [-0.4, -0.2) is 37.2 Å². The van der Waals surface area contributed by atoms with Crippen LogP contribution < -0.4 is 0 Å². The average molecular weight is 956 g/mol. The minimum atomic E-state index is -0.777. The van der Waals surface area contributed by atoms with Crippen molar-refractivity contribution in [3.05, 3.63) is 36.5 Å². The van der Waals surface area contributed by atoms with Gasteiger partial charge in [-0.25, -0.2) is 0 Å². The van der Waals surface area contributed by atoms with E-state index < -0.39 is 6.10 Å². The van der Waals surface area contributed by atoms with E-state index in [0.717, 1.165) is 77.0 Å². The van der Waals surface area contributed by atoms with Gasteiger partial charge < -0.3 is 14.2 Å². The predicted octanol–water partition coefficient (Wildman–Crippen LogP) is 20.0. The summed E-state index contributed by atoms with van der Waals surface area (Å²) in [6.45, 7) is 6.62. The molecule has 398 valence electrons. The molecule has 0 amide bonds. The molecule has 0 bridgehead atoms. The van der Waals surface area contributed by atoms with Crippen LogP contribution in [0.3, 0.4) is 0 Å². The molecular formula is C62H114O6. The van der Waals surface area contributed by atoms with Crippen LogP contribution >= 0.6 is 0 Å². The van der Waals surface area contributed by atoms with Crippen molar-refractivity contribution in [1.82, 2.24) is 0 Å². The maximum Gasteiger partial charge on any atom is 0.306 e. The van der Waals surface area contributed by atoms with Crippen LogP contribution in [0.25, 0.3) is 0 Å². The lowest BCUT2D eigenvalue weighted by molar-refractivity contribution is -0.167. The Kier molecular flexibility index (Phi) is 55.2. The number of carbonyl (C=O) groups excluding carboxylic acids is 3. The summed E-state index contributed by atoms with van der Waals surface area (Å²) in [5.74, 6) is -0.874. The molecule has 0 aromatic rings. The second-order valence-corrected chi connectivity index (χ2v) is 20.3. The van der Waals surface area contributed by atoms with Gasteiger partial charge in [0.1, 0.15) is 13.2 Å². The predicted molar refractivity (Wildman–Crippen MR) is 293 cm³/mol. The molecule has 0 aliphatic rings. The number of unbranched alkanes of at least 4 members (excludes halogenated alkanes) is 38. The standard InChI is InChI=1S/C62H114O6/c1-4-7-10-13-16-19-22-24-26-28-30-31-32-34-35-37-40-43-46-49-52-55-61(64)67-58-59(57-66-60(63)54-51-48-45-42-39-21-18-15-12-9-6-3)68-62(65)56-53-50-47-44-41-38-36-33-29-27-25-23-20-17-14-11-8-5-2/h15,18,20,23,27,29,59H,4-14,16-17,19,21-22,24-26,28,30-58H2,1-3H3/b18-15-,23-20-,29-27-. The van der Waals surface area contributed by atoms with Gasteiger partial charge in [0.15, 0.2) is 6.10 Å². The monoisotopic (exact) mass is 955 g/mol. The van der Waals surface area contributed by atoms with E-state index in [1.807, 2.05) is 0 Å². The van der Waals surface area contributed by atoms with Gasteiger partial charge in [0.05, 0.1) is 0 Å². The molecule has 1 atom stereocenters. The number of ether oxygens (including phenoxy) is 3. The van der Waals surface area contributed by atoms with Crippen LogP contribution in [0.1, 0.15) is 323 Å². The van der Waals surface area contributed by atoms with E-state index in [-0.39, 0.29) is 31.1 Å². The average Bonchev–Trinajstić information content (AvgIpc) is 3.34. The van der Waals surface area contributed by atoms with Crippen molar-refractivity contribution in [1.29, 1.82) is 0 Å². The molecule has 0 aliphatic heterocycles. The van der Waals surface area contributed by atoms with E-state index in [1.54, 1.807) is 0 Å². The molecule has 1 unspecified atom stereocenters. The zero-order chi connectivity index (χ0) is 49.3.